The quantitative estimate of drug-likeness (QED) is 0.868. The average molecular weight is 259 g/mol. The van der Waals surface area contributed by atoms with Crippen LogP contribution in [0.15, 0.2) is 36.4 Å². The van der Waals surface area contributed by atoms with Gasteiger partial charge in [-0.15, -0.1) is 0 Å². The van der Waals surface area contributed by atoms with Gasteiger partial charge >= 0.3 is 0 Å². The van der Waals surface area contributed by atoms with E-state index in [9.17, 15) is 14.3 Å². The predicted octanol–water partition coefficient (Wildman–Crippen LogP) is 3.40. The van der Waals surface area contributed by atoms with Crippen LogP contribution in [0.4, 0.5) is 10.1 Å². The number of benzene rings is 2. The number of halogens is 1. The van der Waals surface area contributed by atoms with E-state index in [-0.39, 0.29) is 11.3 Å². The molecule has 2 aromatic carbocycles. The van der Waals surface area contributed by atoms with E-state index in [1.165, 1.54) is 6.07 Å². The van der Waals surface area contributed by atoms with Crippen molar-refractivity contribution in [3.8, 4) is 5.75 Å². The molecule has 0 aliphatic rings. The van der Waals surface area contributed by atoms with Crippen molar-refractivity contribution < 1.29 is 14.3 Å². The molecule has 98 valence electrons. The van der Waals surface area contributed by atoms with Crippen LogP contribution in [0.3, 0.4) is 0 Å². The summed E-state index contributed by atoms with van der Waals surface area (Å²) in [5.41, 5.74) is 2.60. The number of aromatic hydroxyl groups is 1. The zero-order valence-corrected chi connectivity index (χ0v) is 10.7. The third-order valence-electron chi connectivity index (χ3n) is 2.92. The van der Waals surface area contributed by atoms with Gasteiger partial charge in [0.15, 0.2) is 0 Å². The Kier molecular flexibility index (Phi) is 3.51. The number of anilines is 1. The molecule has 2 rings (SSSR count). The highest BCUT2D eigenvalue weighted by Crippen LogP contribution is 2.23. The fourth-order valence-electron chi connectivity index (χ4n) is 1.89. The lowest BCUT2D eigenvalue weighted by atomic mass is 10.1. The predicted molar refractivity (Wildman–Crippen MR) is 71.9 cm³/mol. The van der Waals surface area contributed by atoms with Crippen LogP contribution < -0.4 is 5.32 Å². The zero-order chi connectivity index (χ0) is 14.0. The molecule has 0 saturated carbocycles. The Morgan fingerprint density at radius 1 is 1.16 bits per heavy atom. The lowest BCUT2D eigenvalue weighted by molar-refractivity contribution is 0.102. The van der Waals surface area contributed by atoms with E-state index < -0.39 is 11.7 Å². The second-order valence-corrected chi connectivity index (χ2v) is 4.38. The van der Waals surface area contributed by atoms with E-state index in [1.54, 1.807) is 0 Å². The maximum Gasteiger partial charge on any atom is 0.259 e. The summed E-state index contributed by atoms with van der Waals surface area (Å²) >= 11 is 0. The highest BCUT2D eigenvalue weighted by molar-refractivity contribution is 6.06. The van der Waals surface area contributed by atoms with E-state index in [2.05, 4.69) is 5.32 Å². The molecule has 0 heterocycles. The van der Waals surface area contributed by atoms with Crippen LogP contribution in [0.5, 0.6) is 5.75 Å². The maximum atomic E-state index is 12.9. The number of aryl methyl sites for hydroxylation is 2. The molecular weight excluding hydrogens is 245 g/mol. The van der Waals surface area contributed by atoms with E-state index in [0.29, 0.717) is 5.69 Å². The number of amides is 1. The minimum Gasteiger partial charge on any atom is -0.507 e. The molecule has 0 atom stereocenters. The lowest BCUT2D eigenvalue weighted by Crippen LogP contribution is -2.14. The fourth-order valence-corrected chi connectivity index (χ4v) is 1.89. The Balaban J connectivity index is 2.31. The fraction of sp³-hybridized carbons (Fsp3) is 0.133. The standard InChI is InChI=1S/C15H14FNO2/c1-9-4-3-5-10(2)14(9)17-15(19)12-7-6-11(16)8-13(12)18/h3-8,18H,1-2H3,(H,17,19). The minimum atomic E-state index is -0.582. The summed E-state index contributed by atoms with van der Waals surface area (Å²) in [7, 11) is 0. The molecule has 3 nitrogen and oxygen atoms in total. The van der Waals surface area contributed by atoms with Gasteiger partial charge in [-0.2, -0.15) is 0 Å². The smallest absolute Gasteiger partial charge is 0.259 e. The summed E-state index contributed by atoms with van der Waals surface area (Å²) in [5, 5.41) is 12.3. The average Bonchev–Trinajstić information content (AvgIpc) is 2.33. The topological polar surface area (TPSA) is 49.3 Å². The van der Waals surface area contributed by atoms with Gasteiger partial charge in [-0.25, -0.2) is 4.39 Å². The summed E-state index contributed by atoms with van der Waals surface area (Å²) in [6.45, 7) is 3.76. The Bertz CT molecular complexity index is 618. The van der Waals surface area contributed by atoms with Gasteiger partial charge in [0.2, 0.25) is 0 Å². The van der Waals surface area contributed by atoms with Gasteiger partial charge in [0.25, 0.3) is 5.91 Å². The molecule has 0 aromatic heterocycles. The van der Waals surface area contributed by atoms with Crippen molar-refractivity contribution in [2.45, 2.75) is 13.8 Å². The first-order valence-electron chi connectivity index (χ1n) is 5.85. The molecule has 2 aromatic rings. The number of phenols is 1. The van der Waals surface area contributed by atoms with Gasteiger partial charge < -0.3 is 10.4 Å². The van der Waals surface area contributed by atoms with Crippen LogP contribution in [0, 0.1) is 19.7 Å². The van der Waals surface area contributed by atoms with Gasteiger partial charge in [0, 0.05) is 11.8 Å². The summed E-state index contributed by atoms with van der Waals surface area (Å²) in [6, 6.07) is 8.97. The Labute approximate surface area is 110 Å². The zero-order valence-electron chi connectivity index (χ0n) is 10.7. The first kappa shape index (κ1) is 13.1. The molecule has 4 heteroatoms. The van der Waals surface area contributed by atoms with Crippen LogP contribution >= 0.6 is 0 Å². The van der Waals surface area contributed by atoms with Crippen LogP contribution in [0.1, 0.15) is 21.5 Å². The molecule has 0 bridgehead atoms. The molecule has 0 radical (unpaired) electrons. The molecule has 19 heavy (non-hydrogen) atoms. The molecule has 1 amide bonds. The molecule has 0 aliphatic carbocycles. The van der Waals surface area contributed by atoms with Crippen molar-refractivity contribution in [2.75, 3.05) is 5.32 Å². The van der Waals surface area contributed by atoms with Gasteiger partial charge in [0.1, 0.15) is 11.6 Å². The molecule has 0 fully saturated rings. The number of carbonyl (C=O) groups excluding carboxylic acids is 1. The number of hydrogen-bond acceptors (Lipinski definition) is 2. The molecular formula is C15H14FNO2. The van der Waals surface area contributed by atoms with Crippen molar-refractivity contribution in [3.63, 3.8) is 0 Å². The van der Waals surface area contributed by atoms with E-state index in [0.717, 1.165) is 23.3 Å². The molecule has 0 saturated heterocycles. The monoisotopic (exact) mass is 259 g/mol. The number of para-hydroxylation sites is 1. The van der Waals surface area contributed by atoms with Gasteiger partial charge in [-0.3, -0.25) is 4.79 Å². The van der Waals surface area contributed by atoms with Gasteiger partial charge in [-0.05, 0) is 37.1 Å². The van der Waals surface area contributed by atoms with Crippen molar-refractivity contribution in [2.24, 2.45) is 0 Å². The van der Waals surface area contributed by atoms with Crippen LogP contribution in [-0.2, 0) is 0 Å². The van der Waals surface area contributed by atoms with Crippen molar-refractivity contribution in [1.82, 2.24) is 0 Å². The third-order valence-corrected chi connectivity index (χ3v) is 2.92. The Morgan fingerprint density at radius 3 is 2.37 bits per heavy atom. The highest BCUT2D eigenvalue weighted by atomic mass is 19.1. The van der Waals surface area contributed by atoms with E-state index in [1.807, 2.05) is 32.0 Å². The van der Waals surface area contributed by atoms with E-state index >= 15 is 0 Å². The lowest BCUT2D eigenvalue weighted by Gasteiger charge is -2.12. The molecule has 0 aliphatic heterocycles. The Hall–Kier alpha value is -2.36. The van der Waals surface area contributed by atoms with Crippen LogP contribution in [0.2, 0.25) is 0 Å². The van der Waals surface area contributed by atoms with Crippen molar-refractivity contribution in [1.29, 1.82) is 0 Å². The number of carbonyl (C=O) groups is 1. The first-order valence-corrected chi connectivity index (χ1v) is 5.85. The Morgan fingerprint density at radius 2 is 1.79 bits per heavy atom. The summed E-state index contributed by atoms with van der Waals surface area (Å²) < 4.78 is 12.9. The van der Waals surface area contributed by atoms with Crippen molar-refractivity contribution >= 4 is 11.6 Å². The minimum absolute atomic E-state index is 0.0454. The normalized spacial score (nSPS) is 10.3. The highest BCUT2D eigenvalue weighted by Gasteiger charge is 2.13. The number of rotatable bonds is 2. The summed E-state index contributed by atoms with van der Waals surface area (Å²) in [4.78, 5) is 12.1. The van der Waals surface area contributed by atoms with Crippen LogP contribution in [-0.4, -0.2) is 11.0 Å². The summed E-state index contributed by atoms with van der Waals surface area (Å²) in [6.07, 6.45) is 0. The number of nitrogens with one attached hydrogen (secondary N) is 1. The number of hydrogen-bond donors (Lipinski definition) is 2. The van der Waals surface area contributed by atoms with Gasteiger partial charge in [-0.1, -0.05) is 18.2 Å². The third kappa shape index (κ3) is 2.73. The van der Waals surface area contributed by atoms with Crippen molar-refractivity contribution in [3.05, 3.63) is 58.9 Å². The first-order chi connectivity index (χ1) is 8.99. The molecule has 2 N–H and O–H groups in total. The van der Waals surface area contributed by atoms with Crippen LogP contribution in [0.25, 0.3) is 0 Å². The second-order valence-electron chi connectivity index (χ2n) is 4.38. The van der Waals surface area contributed by atoms with Gasteiger partial charge in [0.05, 0.1) is 5.56 Å². The maximum absolute atomic E-state index is 12.9. The van der Waals surface area contributed by atoms with E-state index in [4.69, 9.17) is 0 Å². The SMILES string of the molecule is Cc1cccc(C)c1NC(=O)c1ccc(F)cc1O. The molecule has 0 unspecified atom stereocenters. The number of phenolic OH excluding ortho intramolecular Hbond substituents is 1. The summed E-state index contributed by atoms with van der Waals surface area (Å²) in [5.74, 6) is -1.42. The second kappa shape index (κ2) is 5.10. The largest absolute Gasteiger partial charge is 0.507 e. The molecule has 0 spiro atoms.